The predicted octanol–water partition coefficient (Wildman–Crippen LogP) is 2.34. The number of benzene rings is 1. The molecule has 4 aromatic rings. The van der Waals surface area contributed by atoms with Gasteiger partial charge in [0, 0.05) is 18.0 Å². The van der Waals surface area contributed by atoms with Crippen molar-refractivity contribution < 1.29 is 9.84 Å². The molecule has 1 aromatic carbocycles. The largest absolute Gasteiger partial charge is 0.497 e. The van der Waals surface area contributed by atoms with Gasteiger partial charge in [-0.1, -0.05) is 12.1 Å². The van der Waals surface area contributed by atoms with E-state index in [2.05, 4.69) is 20.5 Å². The van der Waals surface area contributed by atoms with Crippen LogP contribution in [0.1, 0.15) is 0 Å². The molecule has 0 aliphatic heterocycles. The van der Waals surface area contributed by atoms with Gasteiger partial charge in [0.15, 0.2) is 5.65 Å². The molecule has 0 atom stereocenters. The first kappa shape index (κ1) is 16.1. The molecule has 0 spiro atoms. The number of aliphatic hydroxyl groups excluding tert-OH is 1. The summed E-state index contributed by atoms with van der Waals surface area (Å²) in [4.78, 5) is 4.61. The molecule has 4 rings (SSSR count). The van der Waals surface area contributed by atoms with E-state index in [1.165, 1.54) is 0 Å². The summed E-state index contributed by atoms with van der Waals surface area (Å²) in [6, 6.07) is 11.8. The molecule has 2 N–H and O–H groups in total. The van der Waals surface area contributed by atoms with Gasteiger partial charge in [0.1, 0.15) is 5.75 Å². The third-order valence-corrected chi connectivity index (χ3v) is 3.98. The number of pyridine rings is 1. The molecule has 0 fully saturated rings. The number of fused-ring (bicyclic) bond motifs is 1. The highest BCUT2D eigenvalue weighted by molar-refractivity contribution is 5.78. The lowest BCUT2D eigenvalue weighted by atomic mass is 10.1. The summed E-state index contributed by atoms with van der Waals surface area (Å²) in [6.07, 6.45) is 5.33. The van der Waals surface area contributed by atoms with Gasteiger partial charge in [-0.25, -0.2) is 4.52 Å². The Bertz CT molecular complexity index is 1020. The van der Waals surface area contributed by atoms with Crippen LogP contribution in [0.5, 0.6) is 5.75 Å². The van der Waals surface area contributed by atoms with Crippen molar-refractivity contribution in [3.05, 3.63) is 55.0 Å². The third kappa shape index (κ3) is 3.09. The summed E-state index contributed by atoms with van der Waals surface area (Å²) in [7, 11) is 1.65. The van der Waals surface area contributed by atoms with Gasteiger partial charge >= 0.3 is 0 Å². The van der Waals surface area contributed by atoms with Gasteiger partial charge in [0.2, 0.25) is 5.95 Å². The summed E-state index contributed by atoms with van der Waals surface area (Å²) in [5.41, 5.74) is 3.53. The van der Waals surface area contributed by atoms with Crippen LogP contribution in [0.25, 0.3) is 16.8 Å². The van der Waals surface area contributed by atoms with Crippen molar-refractivity contribution in [3.8, 4) is 16.9 Å². The highest BCUT2D eigenvalue weighted by Crippen LogP contribution is 2.26. The maximum Gasteiger partial charge on any atom is 0.247 e. The van der Waals surface area contributed by atoms with Gasteiger partial charge in [-0.15, -0.1) is 5.10 Å². The zero-order valence-corrected chi connectivity index (χ0v) is 14.2. The van der Waals surface area contributed by atoms with Crippen LogP contribution in [0, 0.1) is 0 Å². The fourth-order valence-electron chi connectivity index (χ4n) is 2.74. The van der Waals surface area contributed by atoms with E-state index >= 15 is 0 Å². The molecular weight excluding hydrogens is 332 g/mol. The van der Waals surface area contributed by atoms with E-state index in [0.717, 1.165) is 28.2 Å². The van der Waals surface area contributed by atoms with Gasteiger partial charge in [0.05, 0.1) is 32.1 Å². The number of rotatable bonds is 6. The fourth-order valence-corrected chi connectivity index (χ4v) is 2.74. The van der Waals surface area contributed by atoms with Crippen LogP contribution in [0.4, 0.5) is 11.6 Å². The highest BCUT2D eigenvalue weighted by atomic mass is 16.5. The van der Waals surface area contributed by atoms with E-state index < -0.39 is 0 Å². The molecule has 0 radical (unpaired) electrons. The van der Waals surface area contributed by atoms with Crippen molar-refractivity contribution in [3.63, 3.8) is 0 Å². The van der Waals surface area contributed by atoms with Crippen LogP contribution in [0.15, 0.2) is 55.0 Å². The maximum absolute atomic E-state index is 8.97. The first-order valence-electron chi connectivity index (χ1n) is 8.17. The van der Waals surface area contributed by atoms with E-state index in [9.17, 15) is 0 Å². The molecule has 0 saturated heterocycles. The van der Waals surface area contributed by atoms with Crippen molar-refractivity contribution >= 4 is 17.3 Å². The van der Waals surface area contributed by atoms with Crippen LogP contribution >= 0.6 is 0 Å². The second-order valence-electron chi connectivity index (χ2n) is 5.69. The normalized spacial score (nSPS) is 11.0. The predicted molar refractivity (Wildman–Crippen MR) is 97.6 cm³/mol. The molecule has 0 aliphatic carbocycles. The summed E-state index contributed by atoms with van der Waals surface area (Å²) in [5.74, 6) is 1.29. The number of aromatic nitrogens is 5. The molecule has 8 heteroatoms. The van der Waals surface area contributed by atoms with Gasteiger partial charge in [0.25, 0.3) is 0 Å². The molecule has 132 valence electrons. The van der Waals surface area contributed by atoms with Crippen molar-refractivity contribution in [2.45, 2.75) is 6.54 Å². The Balaban J connectivity index is 1.66. The van der Waals surface area contributed by atoms with E-state index in [1.54, 1.807) is 28.7 Å². The topological polar surface area (TPSA) is 89.5 Å². The molecule has 0 aliphatic rings. The molecule has 3 aromatic heterocycles. The minimum atomic E-state index is 0.0406. The number of aliphatic hydroxyl groups is 1. The van der Waals surface area contributed by atoms with Crippen LogP contribution in [-0.2, 0) is 6.54 Å². The van der Waals surface area contributed by atoms with Crippen LogP contribution in [-0.4, -0.2) is 43.2 Å². The average Bonchev–Trinajstić information content (AvgIpc) is 3.28. The molecule has 0 bridgehead atoms. The Hall–Kier alpha value is -3.39. The third-order valence-electron chi connectivity index (χ3n) is 3.98. The Morgan fingerprint density at radius 3 is 2.81 bits per heavy atom. The Morgan fingerprint density at radius 2 is 2.04 bits per heavy atom. The lowest BCUT2D eigenvalue weighted by Gasteiger charge is -2.04. The number of hydrogen-bond acceptors (Lipinski definition) is 6. The summed E-state index contributed by atoms with van der Waals surface area (Å²) in [6.45, 7) is 0.487. The Labute approximate surface area is 149 Å². The molecule has 0 saturated carbocycles. The zero-order valence-electron chi connectivity index (χ0n) is 14.2. The van der Waals surface area contributed by atoms with Gasteiger partial charge in [-0.2, -0.15) is 10.1 Å². The van der Waals surface area contributed by atoms with Gasteiger partial charge in [-0.3, -0.25) is 4.68 Å². The number of nitrogens with zero attached hydrogens (tertiary/aromatic N) is 5. The van der Waals surface area contributed by atoms with Crippen molar-refractivity contribution in [1.82, 2.24) is 24.4 Å². The monoisotopic (exact) mass is 350 g/mol. The molecule has 0 amide bonds. The maximum atomic E-state index is 8.97. The van der Waals surface area contributed by atoms with E-state index in [-0.39, 0.29) is 6.61 Å². The second-order valence-corrected chi connectivity index (χ2v) is 5.69. The van der Waals surface area contributed by atoms with Gasteiger partial charge < -0.3 is 15.2 Å². The fraction of sp³-hybridized carbons (Fsp3) is 0.167. The smallest absolute Gasteiger partial charge is 0.247 e. The zero-order chi connectivity index (χ0) is 17.9. The quantitative estimate of drug-likeness (QED) is 0.555. The molecule has 26 heavy (non-hydrogen) atoms. The molecular formula is C18H18N6O2. The lowest BCUT2D eigenvalue weighted by molar-refractivity contribution is 0.269. The Morgan fingerprint density at radius 1 is 1.19 bits per heavy atom. The van der Waals surface area contributed by atoms with E-state index in [1.807, 2.05) is 42.6 Å². The Kier molecular flexibility index (Phi) is 4.24. The number of hydrogen-bond donors (Lipinski definition) is 2. The summed E-state index contributed by atoms with van der Waals surface area (Å²) in [5, 5.41) is 20.7. The molecule has 3 heterocycles. The number of methoxy groups -OCH3 is 1. The van der Waals surface area contributed by atoms with Crippen LogP contribution in [0.3, 0.4) is 0 Å². The van der Waals surface area contributed by atoms with E-state index in [4.69, 9.17) is 9.84 Å². The van der Waals surface area contributed by atoms with E-state index in [0.29, 0.717) is 12.5 Å². The second kappa shape index (κ2) is 6.85. The lowest BCUT2D eigenvalue weighted by Crippen LogP contribution is -2.01. The average molecular weight is 350 g/mol. The number of ether oxygens (including phenoxy) is 1. The van der Waals surface area contributed by atoms with Crippen molar-refractivity contribution in [1.29, 1.82) is 0 Å². The molecule has 8 nitrogen and oxygen atoms in total. The minimum absolute atomic E-state index is 0.0406. The van der Waals surface area contributed by atoms with Gasteiger partial charge in [-0.05, 0) is 29.8 Å². The highest BCUT2D eigenvalue weighted by Gasteiger charge is 2.10. The standard InChI is InChI=1S/C18H18N6O2/c1-26-15-6-4-13(5-7-15)16-3-2-8-24-17(16)21-18(22-24)20-14-11-19-23(12-14)9-10-25/h2-8,11-12,25H,9-10H2,1H3,(H,20,22). The first-order valence-corrected chi connectivity index (χ1v) is 8.17. The first-order chi connectivity index (χ1) is 12.8. The summed E-state index contributed by atoms with van der Waals surface area (Å²) < 4.78 is 8.61. The molecule has 0 unspecified atom stereocenters. The van der Waals surface area contributed by atoms with Crippen molar-refractivity contribution in [2.24, 2.45) is 0 Å². The SMILES string of the molecule is COc1ccc(-c2cccn3nc(Nc4cnn(CCO)c4)nc23)cc1. The number of nitrogens with one attached hydrogen (secondary N) is 1. The van der Waals surface area contributed by atoms with Crippen molar-refractivity contribution in [2.75, 3.05) is 19.0 Å². The summed E-state index contributed by atoms with van der Waals surface area (Å²) >= 11 is 0. The van der Waals surface area contributed by atoms with Crippen LogP contribution < -0.4 is 10.1 Å². The van der Waals surface area contributed by atoms with Crippen LogP contribution in [0.2, 0.25) is 0 Å². The minimum Gasteiger partial charge on any atom is -0.497 e. The number of anilines is 2.